The fourth-order valence-corrected chi connectivity index (χ4v) is 4.67. The average molecular weight is 474 g/mol. The molecule has 1 aliphatic heterocycles. The minimum absolute atomic E-state index is 0.121. The number of piperazine rings is 1. The van der Waals surface area contributed by atoms with Crippen molar-refractivity contribution in [3.8, 4) is 11.1 Å². The molecule has 0 radical (unpaired) electrons. The van der Waals surface area contributed by atoms with Gasteiger partial charge in [0.05, 0.1) is 12.4 Å². The molecule has 176 valence electrons. The Kier molecular flexibility index (Phi) is 6.42. The van der Waals surface area contributed by atoms with Gasteiger partial charge < -0.3 is 20.0 Å². The summed E-state index contributed by atoms with van der Waals surface area (Å²) >= 11 is 0. The van der Waals surface area contributed by atoms with E-state index < -0.39 is 22.2 Å². The van der Waals surface area contributed by atoms with Gasteiger partial charge in [0.1, 0.15) is 5.60 Å². The van der Waals surface area contributed by atoms with Crippen LogP contribution in [0.25, 0.3) is 11.1 Å². The van der Waals surface area contributed by atoms with Gasteiger partial charge in [-0.1, -0.05) is 24.3 Å². The molecule has 3 N–H and O–H groups in total. The van der Waals surface area contributed by atoms with E-state index in [1.54, 1.807) is 52.3 Å². The Morgan fingerprint density at radius 3 is 2.18 bits per heavy atom. The van der Waals surface area contributed by atoms with Crippen molar-refractivity contribution in [2.45, 2.75) is 18.4 Å². The molecule has 0 aromatic heterocycles. The molecule has 4 rings (SSSR count). The number of aliphatic hydroxyl groups excluding tert-OH is 1. The lowest BCUT2D eigenvalue weighted by Gasteiger charge is -2.35. The van der Waals surface area contributed by atoms with E-state index in [2.05, 4.69) is 4.72 Å². The molecule has 2 aromatic carbocycles. The monoisotopic (exact) mass is 473 g/mol. The topological polar surface area (TPSA) is 127 Å². The van der Waals surface area contributed by atoms with Crippen LogP contribution in [-0.4, -0.2) is 84.4 Å². The number of carbonyl (C=O) groups is 2. The van der Waals surface area contributed by atoms with Crippen molar-refractivity contribution in [3.63, 3.8) is 0 Å². The first-order chi connectivity index (χ1) is 15.7. The third kappa shape index (κ3) is 5.35. The first kappa shape index (κ1) is 23.2. The molecule has 0 bridgehead atoms. The minimum Gasteiger partial charge on any atom is -0.395 e. The van der Waals surface area contributed by atoms with Gasteiger partial charge in [-0.2, -0.15) is 0 Å². The van der Waals surface area contributed by atoms with E-state index in [-0.39, 0.29) is 17.6 Å². The number of hydrogen-bond acceptors (Lipinski definition) is 6. The summed E-state index contributed by atoms with van der Waals surface area (Å²) in [5.41, 5.74) is 1.34. The first-order valence-corrected chi connectivity index (χ1v) is 12.5. The molecule has 2 aromatic rings. The molecule has 2 fully saturated rings. The maximum atomic E-state index is 12.9. The summed E-state index contributed by atoms with van der Waals surface area (Å²) in [6, 6.07) is 13.9. The Hall–Kier alpha value is -2.95. The maximum absolute atomic E-state index is 12.9. The molecule has 2 aliphatic rings. The van der Waals surface area contributed by atoms with Gasteiger partial charge in [0.15, 0.2) is 0 Å². The van der Waals surface area contributed by atoms with Crippen LogP contribution in [0.2, 0.25) is 0 Å². The molecule has 9 nitrogen and oxygen atoms in total. The van der Waals surface area contributed by atoms with Gasteiger partial charge in [0.25, 0.3) is 11.8 Å². The molecule has 1 aliphatic carbocycles. The zero-order chi connectivity index (χ0) is 23.6. The number of aliphatic hydroxyl groups is 2. The summed E-state index contributed by atoms with van der Waals surface area (Å²) in [4.78, 5) is 28.5. The maximum Gasteiger partial charge on any atom is 0.254 e. The molecule has 2 amide bonds. The zero-order valence-corrected chi connectivity index (χ0v) is 18.9. The third-order valence-electron chi connectivity index (χ3n) is 5.94. The van der Waals surface area contributed by atoms with Crippen LogP contribution in [0.15, 0.2) is 48.5 Å². The Morgan fingerprint density at radius 2 is 1.58 bits per heavy atom. The van der Waals surface area contributed by atoms with Crippen LogP contribution in [0, 0.1) is 0 Å². The van der Waals surface area contributed by atoms with E-state index in [0.29, 0.717) is 50.3 Å². The molecule has 0 atom stereocenters. The number of benzene rings is 2. The lowest BCUT2D eigenvalue weighted by molar-refractivity contribution is -0.143. The number of nitrogens with one attached hydrogen (secondary N) is 1. The molecule has 33 heavy (non-hydrogen) atoms. The number of sulfonamides is 1. The number of anilines is 1. The minimum atomic E-state index is -3.62. The van der Waals surface area contributed by atoms with Crippen molar-refractivity contribution in [2.75, 3.05) is 43.3 Å². The smallest absolute Gasteiger partial charge is 0.254 e. The zero-order valence-electron chi connectivity index (χ0n) is 18.1. The van der Waals surface area contributed by atoms with Crippen molar-refractivity contribution in [2.24, 2.45) is 0 Å². The van der Waals surface area contributed by atoms with Gasteiger partial charge >= 0.3 is 0 Å². The largest absolute Gasteiger partial charge is 0.395 e. The lowest BCUT2D eigenvalue weighted by atomic mass is 10.0. The van der Waals surface area contributed by atoms with Crippen LogP contribution in [-0.2, 0) is 14.8 Å². The highest BCUT2D eigenvalue weighted by Crippen LogP contribution is 2.37. The molecule has 10 heteroatoms. The molecule has 0 spiro atoms. The molecule has 1 heterocycles. The summed E-state index contributed by atoms with van der Waals surface area (Å²) in [6.45, 7) is 1.18. The number of hydrogen-bond donors (Lipinski definition) is 3. The molecular weight excluding hydrogens is 446 g/mol. The van der Waals surface area contributed by atoms with Crippen LogP contribution in [0.5, 0.6) is 0 Å². The highest BCUT2D eigenvalue weighted by atomic mass is 32.2. The van der Waals surface area contributed by atoms with E-state index in [9.17, 15) is 23.1 Å². The van der Waals surface area contributed by atoms with Gasteiger partial charge in [-0.15, -0.1) is 0 Å². The van der Waals surface area contributed by atoms with Crippen molar-refractivity contribution in [1.29, 1.82) is 0 Å². The van der Waals surface area contributed by atoms with Crippen molar-refractivity contribution >= 4 is 27.5 Å². The predicted octanol–water partition coefficient (Wildman–Crippen LogP) is 0.897. The van der Waals surface area contributed by atoms with Crippen molar-refractivity contribution in [1.82, 2.24) is 9.80 Å². The van der Waals surface area contributed by atoms with Crippen LogP contribution < -0.4 is 4.72 Å². The Labute approximate surface area is 192 Å². The van der Waals surface area contributed by atoms with Gasteiger partial charge in [0.2, 0.25) is 10.0 Å². The Bertz CT molecular complexity index is 1140. The fourth-order valence-electron chi connectivity index (χ4n) is 3.84. The quantitative estimate of drug-likeness (QED) is 0.548. The van der Waals surface area contributed by atoms with E-state index in [1.165, 1.54) is 0 Å². The van der Waals surface area contributed by atoms with E-state index >= 15 is 0 Å². The van der Waals surface area contributed by atoms with Crippen LogP contribution in [0.1, 0.15) is 23.2 Å². The Balaban J connectivity index is 1.39. The van der Waals surface area contributed by atoms with Crippen molar-refractivity contribution in [3.05, 3.63) is 54.1 Å². The summed E-state index contributed by atoms with van der Waals surface area (Å²) < 4.78 is 26.2. The second-order valence-corrected chi connectivity index (χ2v) is 10.3. The molecule has 1 saturated carbocycles. The summed E-state index contributed by atoms with van der Waals surface area (Å²) in [7, 11) is -3.62. The number of rotatable bonds is 7. The number of nitrogens with zero attached hydrogens (tertiary/aromatic N) is 2. The number of amides is 2. The SMILES string of the molecule is O=C(c1ccc(-c2cccc(NS(=O)(=O)CCO)c2)cc1)N1CCN(C(=O)C2(O)CC2)CC1. The summed E-state index contributed by atoms with van der Waals surface area (Å²) in [6.07, 6.45) is 1.02. The number of carbonyl (C=O) groups excluding carboxylic acids is 2. The average Bonchev–Trinajstić information content (AvgIpc) is 3.56. The molecule has 0 unspecified atom stereocenters. The molecule has 1 saturated heterocycles. The summed E-state index contributed by atoms with van der Waals surface area (Å²) in [5, 5.41) is 18.9. The van der Waals surface area contributed by atoms with E-state index in [1.807, 2.05) is 6.07 Å². The highest BCUT2D eigenvalue weighted by molar-refractivity contribution is 7.92. The first-order valence-electron chi connectivity index (χ1n) is 10.8. The lowest BCUT2D eigenvalue weighted by Crippen LogP contribution is -2.53. The van der Waals surface area contributed by atoms with Gasteiger partial charge in [-0.05, 0) is 48.2 Å². The third-order valence-corrected chi connectivity index (χ3v) is 7.20. The van der Waals surface area contributed by atoms with Crippen molar-refractivity contribution < 1.29 is 28.2 Å². The van der Waals surface area contributed by atoms with Crippen LogP contribution in [0.4, 0.5) is 5.69 Å². The predicted molar refractivity (Wildman–Crippen MR) is 123 cm³/mol. The summed E-state index contributed by atoms with van der Waals surface area (Å²) in [5.74, 6) is -0.735. The second kappa shape index (κ2) is 9.12. The normalized spacial score (nSPS) is 17.5. The van der Waals surface area contributed by atoms with E-state index in [0.717, 1.165) is 11.1 Å². The van der Waals surface area contributed by atoms with Crippen LogP contribution >= 0.6 is 0 Å². The van der Waals surface area contributed by atoms with Gasteiger partial charge in [-0.25, -0.2) is 8.42 Å². The van der Waals surface area contributed by atoms with E-state index in [4.69, 9.17) is 5.11 Å². The van der Waals surface area contributed by atoms with Gasteiger partial charge in [0, 0.05) is 37.4 Å². The van der Waals surface area contributed by atoms with Crippen LogP contribution in [0.3, 0.4) is 0 Å². The Morgan fingerprint density at radius 1 is 0.939 bits per heavy atom. The second-order valence-electron chi connectivity index (χ2n) is 8.42. The molecular formula is C23H27N3O6S. The standard InChI is InChI=1S/C23H27N3O6S/c27-14-15-33(31,32)24-20-3-1-2-19(16-20)17-4-6-18(7-5-17)21(28)25-10-12-26(13-11-25)22(29)23(30)8-9-23/h1-7,16,24,27,30H,8-15H2. The highest BCUT2D eigenvalue weighted by Gasteiger charge is 2.50. The van der Waals surface area contributed by atoms with Gasteiger partial charge in [-0.3, -0.25) is 14.3 Å². The fraction of sp³-hybridized carbons (Fsp3) is 0.391.